The van der Waals surface area contributed by atoms with Crippen molar-refractivity contribution in [3.05, 3.63) is 59.7 Å². The van der Waals surface area contributed by atoms with Crippen LogP contribution >= 0.6 is 11.7 Å². The first-order chi connectivity index (χ1) is 13.2. The number of hydrogen-bond donors (Lipinski definition) is 1. The van der Waals surface area contributed by atoms with Gasteiger partial charge >= 0.3 is 0 Å². The highest BCUT2D eigenvalue weighted by Crippen LogP contribution is 2.39. The van der Waals surface area contributed by atoms with Crippen LogP contribution in [0.4, 0.5) is 0 Å². The lowest BCUT2D eigenvalue weighted by molar-refractivity contribution is -0.121. The van der Waals surface area contributed by atoms with Crippen LogP contribution in [0.15, 0.2) is 48.5 Å². The summed E-state index contributed by atoms with van der Waals surface area (Å²) in [5.41, 5.74) is 4.35. The predicted molar refractivity (Wildman–Crippen MR) is 107 cm³/mol. The number of rotatable bonds is 3. The van der Waals surface area contributed by atoms with Crippen molar-refractivity contribution in [2.45, 2.75) is 37.3 Å². The van der Waals surface area contributed by atoms with Gasteiger partial charge in [-0.15, -0.1) is 0 Å². The smallest absolute Gasteiger partial charge is 0.228 e. The summed E-state index contributed by atoms with van der Waals surface area (Å²) in [6.45, 7) is 2.95. The summed E-state index contributed by atoms with van der Waals surface area (Å²) in [5, 5.41) is 3.34. The normalized spacial score (nSPS) is 22.4. The summed E-state index contributed by atoms with van der Waals surface area (Å²) in [6, 6.07) is 16.5. The molecule has 2 fully saturated rings. The molecular formula is C21H22N4OS. The molecule has 2 aliphatic rings. The minimum absolute atomic E-state index is 0.00248. The maximum absolute atomic E-state index is 12.6. The van der Waals surface area contributed by atoms with Gasteiger partial charge in [0.1, 0.15) is 11.0 Å². The van der Waals surface area contributed by atoms with E-state index in [2.05, 4.69) is 49.3 Å². The highest BCUT2D eigenvalue weighted by Gasteiger charge is 2.45. The summed E-state index contributed by atoms with van der Waals surface area (Å²) in [4.78, 5) is 15.1. The molecule has 6 heteroatoms. The minimum Gasteiger partial charge on any atom is -0.350 e. The van der Waals surface area contributed by atoms with Crippen LogP contribution in [0.5, 0.6) is 0 Å². The average molecular weight is 379 g/mol. The monoisotopic (exact) mass is 378 g/mol. The number of aromatic nitrogens is 2. The number of likely N-dealkylation sites (tertiary alicyclic amines) is 1. The average Bonchev–Trinajstić information content (AvgIpc) is 3.29. The third kappa shape index (κ3) is 3.24. The van der Waals surface area contributed by atoms with E-state index in [4.69, 9.17) is 0 Å². The van der Waals surface area contributed by atoms with E-state index in [1.807, 2.05) is 18.2 Å². The molecule has 1 spiro atoms. The van der Waals surface area contributed by atoms with Gasteiger partial charge < -0.3 is 5.32 Å². The molecule has 2 saturated heterocycles. The summed E-state index contributed by atoms with van der Waals surface area (Å²) >= 11 is 1.26. The Labute approximate surface area is 162 Å². The molecule has 3 heterocycles. The molecule has 0 radical (unpaired) electrons. The van der Waals surface area contributed by atoms with E-state index in [1.165, 1.54) is 17.3 Å². The third-order valence-corrected chi connectivity index (χ3v) is 6.60. The highest BCUT2D eigenvalue weighted by atomic mass is 32.1. The van der Waals surface area contributed by atoms with Crippen molar-refractivity contribution in [2.75, 3.05) is 13.1 Å². The van der Waals surface area contributed by atoms with E-state index in [0.29, 0.717) is 0 Å². The summed E-state index contributed by atoms with van der Waals surface area (Å²) in [5.74, 6) is 0.188. The van der Waals surface area contributed by atoms with Crippen LogP contribution in [0.25, 0.3) is 11.0 Å². The van der Waals surface area contributed by atoms with Gasteiger partial charge in [-0.25, -0.2) is 0 Å². The second-order valence-electron chi connectivity index (χ2n) is 7.80. The Morgan fingerprint density at radius 1 is 1.07 bits per heavy atom. The minimum atomic E-state index is -0.0309. The molecule has 138 valence electrons. The summed E-state index contributed by atoms with van der Waals surface area (Å²) < 4.78 is 8.61. The van der Waals surface area contributed by atoms with Crippen LogP contribution in [-0.4, -0.2) is 38.2 Å². The molecule has 2 aromatic carbocycles. The fourth-order valence-corrected chi connectivity index (χ4v) is 5.01. The van der Waals surface area contributed by atoms with E-state index < -0.39 is 0 Å². The van der Waals surface area contributed by atoms with Gasteiger partial charge in [-0.2, -0.15) is 8.75 Å². The first-order valence-corrected chi connectivity index (χ1v) is 10.2. The van der Waals surface area contributed by atoms with Crippen LogP contribution < -0.4 is 5.32 Å². The zero-order valence-corrected chi connectivity index (χ0v) is 15.9. The van der Waals surface area contributed by atoms with Gasteiger partial charge in [0.2, 0.25) is 5.91 Å². The van der Waals surface area contributed by atoms with Gasteiger partial charge in [0.25, 0.3) is 0 Å². The molecule has 1 atom stereocenters. The standard InChI is InChI=1S/C21H22N4OS/c26-20-17(16-4-2-1-3-5-16)13-21(22-20)8-10-25(11-9-21)14-15-6-7-18-19(12-15)24-27-23-18/h1-7,12,17H,8-11,13-14H2,(H,22,26)/t17-/m1/s1. The summed E-state index contributed by atoms with van der Waals surface area (Å²) in [6.07, 6.45) is 2.95. The van der Waals surface area contributed by atoms with Gasteiger partial charge in [-0.1, -0.05) is 36.4 Å². The SMILES string of the molecule is O=C1NC2(CCN(Cc3ccc4nsnc4c3)CC2)C[C@@H]1c1ccccc1. The van der Waals surface area contributed by atoms with E-state index in [9.17, 15) is 4.79 Å². The van der Waals surface area contributed by atoms with Crippen molar-refractivity contribution in [3.63, 3.8) is 0 Å². The molecule has 27 heavy (non-hydrogen) atoms. The molecule has 0 saturated carbocycles. The molecule has 2 aliphatic heterocycles. The maximum atomic E-state index is 12.6. The van der Waals surface area contributed by atoms with Crippen molar-refractivity contribution >= 4 is 28.7 Å². The molecule has 5 nitrogen and oxygen atoms in total. The Balaban J connectivity index is 1.24. The highest BCUT2D eigenvalue weighted by molar-refractivity contribution is 7.00. The van der Waals surface area contributed by atoms with E-state index in [-0.39, 0.29) is 17.4 Å². The number of nitrogens with one attached hydrogen (secondary N) is 1. The van der Waals surface area contributed by atoms with Crippen molar-refractivity contribution in [1.82, 2.24) is 19.0 Å². The molecule has 3 aromatic rings. The first kappa shape index (κ1) is 16.8. The zero-order chi connectivity index (χ0) is 18.3. The number of piperidine rings is 1. The first-order valence-electron chi connectivity index (χ1n) is 9.51. The van der Waals surface area contributed by atoms with E-state index >= 15 is 0 Å². The summed E-state index contributed by atoms with van der Waals surface area (Å²) in [7, 11) is 0. The largest absolute Gasteiger partial charge is 0.350 e. The maximum Gasteiger partial charge on any atom is 0.228 e. The molecule has 1 aromatic heterocycles. The van der Waals surface area contributed by atoms with Gasteiger partial charge in [0.05, 0.1) is 17.6 Å². The lowest BCUT2D eigenvalue weighted by Crippen LogP contribution is -2.50. The molecule has 5 rings (SSSR count). The Kier molecular flexibility index (Phi) is 4.17. The lowest BCUT2D eigenvalue weighted by atomic mass is 9.82. The van der Waals surface area contributed by atoms with E-state index in [0.717, 1.165) is 55.5 Å². The Bertz CT molecular complexity index is 962. The number of benzene rings is 2. The van der Waals surface area contributed by atoms with Gasteiger partial charge in [0.15, 0.2) is 0 Å². The number of fused-ring (bicyclic) bond motifs is 1. The van der Waals surface area contributed by atoms with Crippen LogP contribution in [0, 0.1) is 0 Å². The van der Waals surface area contributed by atoms with Crippen molar-refractivity contribution in [1.29, 1.82) is 0 Å². The van der Waals surface area contributed by atoms with Gasteiger partial charge in [0, 0.05) is 25.2 Å². The molecule has 0 aliphatic carbocycles. The number of carbonyl (C=O) groups is 1. The van der Waals surface area contributed by atoms with Crippen LogP contribution in [-0.2, 0) is 11.3 Å². The number of hydrogen-bond acceptors (Lipinski definition) is 5. The van der Waals surface area contributed by atoms with Gasteiger partial charge in [-0.3, -0.25) is 9.69 Å². The topological polar surface area (TPSA) is 58.1 Å². The second-order valence-corrected chi connectivity index (χ2v) is 8.33. The van der Waals surface area contributed by atoms with E-state index in [1.54, 1.807) is 0 Å². The van der Waals surface area contributed by atoms with Crippen molar-refractivity contribution < 1.29 is 4.79 Å². The number of carbonyl (C=O) groups excluding carboxylic acids is 1. The fraction of sp³-hybridized carbons (Fsp3) is 0.381. The van der Waals surface area contributed by atoms with Crippen molar-refractivity contribution in [3.8, 4) is 0 Å². The van der Waals surface area contributed by atoms with Crippen LogP contribution in [0.3, 0.4) is 0 Å². The Hall–Kier alpha value is -2.31. The lowest BCUT2D eigenvalue weighted by Gasteiger charge is -2.39. The molecule has 0 bridgehead atoms. The number of nitrogens with zero attached hydrogens (tertiary/aromatic N) is 3. The van der Waals surface area contributed by atoms with Crippen LogP contribution in [0.2, 0.25) is 0 Å². The Morgan fingerprint density at radius 2 is 1.85 bits per heavy atom. The quantitative estimate of drug-likeness (QED) is 0.760. The molecular weight excluding hydrogens is 356 g/mol. The molecule has 1 N–H and O–H groups in total. The van der Waals surface area contributed by atoms with Crippen molar-refractivity contribution in [2.24, 2.45) is 0 Å². The predicted octanol–water partition coefficient (Wildman–Crippen LogP) is 3.33. The molecule has 1 amide bonds. The third-order valence-electron chi connectivity index (χ3n) is 6.04. The van der Waals surface area contributed by atoms with Gasteiger partial charge in [-0.05, 0) is 42.5 Å². The zero-order valence-electron chi connectivity index (χ0n) is 15.1. The molecule has 0 unspecified atom stereocenters. The Morgan fingerprint density at radius 3 is 2.67 bits per heavy atom. The number of amides is 1. The second kappa shape index (κ2) is 6.69. The fourth-order valence-electron chi connectivity index (χ4n) is 4.49. The van der Waals surface area contributed by atoms with Crippen LogP contribution in [0.1, 0.15) is 36.3 Å².